The fraction of sp³-hybridized carbons (Fsp3) is 0.500. The molecule has 0 heteroatoms. The van der Waals surface area contributed by atoms with Crippen LogP contribution in [0.1, 0.15) is 76.6 Å². The van der Waals surface area contributed by atoms with Gasteiger partial charge in [0.25, 0.3) is 0 Å². The lowest BCUT2D eigenvalue weighted by Gasteiger charge is -2.20. The smallest absolute Gasteiger partial charge is 0.00107 e. The van der Waals surface area contributed by atoms with Gasteiger partial charge in [-0.05, 0) is 69.9 Å². The second kappa shape index (κ2) is 6.06. The first-order valence-electron chi connectivity index (χ1n) is 9.40. The number of rotatable bonds is 3. The molecule has 0 radical (unpaired) electrons. The molecule has 24 heavy (non-hydrogen) atoms. The van der Waals surface area contributed by atoms with Crippen molar-refractivity contribution in [1.82, 2.24) is 0 Å². The van der Waals surface area contributed by atoms with Crippen molar-refractivity contribution < 1.29 is 0 Å². The van der Waals surface area contributed by atoms with Crippen LogP contribution in [0.25, 0.3) is 11.1 Å². The highest BCUT2D eigenvalue weighted by Crippen LogP contribution is 2.41. The van der Waals surface area contributed by atoms with Crippen LogP contribution in [0.2, 0.25) is 0 Å². The molecule has 2 aromatic carbocycles. The summed E-state index contributed by atoms with van der Waals surface area (Å²) >= 11 is 0. The second-order valence-corrected chi connectivity index (χ2v) is 9.66. The molecule has 0 fully saturated rings. The lowest BCUT2D eigenvalue weighted by molar-refractivity contribution is 0.365. The highest BCUT2D eigenvalue weighted by Gasteiger charge is 2.23. The topological polar surface area (TPSA) is 0 Å². The van der Waals surface area contributed by atoms with E-state index in [9.17, 15) is 0 Å². The molecule has 128 valence electrons. The van der Waals surface area contributed by atoms with E-state index in [1.165, 1.54) is 41.5 Å². The standard InChI is InChI=1S/C24H32/c1-23(2,3)14-8-10-17-9-7-11-20-21(17)15-18-12-13-19(16-22(18)20)24(4,5)6/h7,9,11-13,16H,8,10,14-15H2,1-6H3. The molecule has 0 aromatic heterocycles. The SMILES string of the molecule is CC(C)(C)CCCc1cccc2c1Cc1ccc(C(C)(C)C)cc1-2. The van der Waals surface area contributed by atoms with Gasteiger partial charge < -0.3 is 0 Å². The highest BCUT2D eigenvalue weighted by atomic mass is 14.3. The molecule has 3 rings (SSSR count). The van der Waals surface area contributed by atoms with Crippen LogP contribution in [-0.2, 0) is 18.3 Å². The van der Waals surface area contributed by atoms with Gasteiger partial charge in [-0.25, -0.2) is 0 Å². The zero-order valence-corrected chi connectivity index (χ0v) is 16.3. The van der Waals surface area contributed by atoms with Gasteiger partial charge in [0, 0.05) is 0 Å². The average Bonchev–Trinajstić information content (AvgIpc) is 2.84. The average molecular weight is 321 g/mol. The van der Waals surface area contributed by atoms with Gasteiger partial charge in [0.15, 0.2) is 0 Å². The first kappa shape index (κ1) is 17.3. The molecular formula is C24H32. The summed E-state index contributed by atoms with van der Waals surface area (Å²) in [4.78, 5) is 0. The van der Waals surface area contributed by atoms with Crippen molar-refractivity contribution in [3.63, 3.8) is 0 Å². The second-order valence-electron chi connectivity index (χ2n) is 9.66. The fourth-order valence-corrected chi connectivity index (χ4v) is 3.78. The van der Waals surface area contributed by atoms with Crippen molar-refractivity contribution >= 4 is 0 Å². The predicted molar refractivity (Wildman–Crippen MR) is 106 cm³/mol. The Morgan fingerprint density at radius 2 is 1.62 bits per heavy atom. The molecular weight excluding hydrogens is 288 g/mol. The maximum absolute atomic E-state index is 2.43. The molecule has 0 heterocycles. The largest absolute Gasteiger partial charge is 0.0614 e. The van der Waals surface area contributed by atoms with Crippen molar-refractivity contribution in [2.75, 3.05) is 0 Å². The summed E-state index contributed by atoms with van der Waals surface area (Å²) < 4.78 is 0. The monoisotopic (exact) mass is 320 g/mol. The molecule has 0 amide bonds. The predicted octanol–water partition coefficient (Wildman–Crippen LogP) is 6.92. The van der Waals surface area contributed by atoms with Gasteiger partial charge in [0.1, 0.15) is 0 Å². The van der Waals surface area contributed by atoms with E-state index in [1.54, 1.807) is 11.1 Å². The molecule has 0 aliphatic heterocycles. The lowest BCUT2D eigenvalue weighted by Crippen LogP contribution is -2.10. The normalized spacial score (nSPS) is 13.8. The molecule has 2 aromatic rings. The highest BCUT2D eigenvalue weighted by molar-refractivity contribution is 5.78. The van der Waals surface area contributed by atoms with E-state index >= 15 is 0 Å². The van der Waals surface area contributed by atoms with Gasteiger partial charge in [-0.2, -0.15) is 0 Å². The Morgan fingerprint density at radius 3 is 2.29 bits per heavy atom. The summed E-state index contributed by atoms with van der Waals surface area (Å²) in [5.74, 6) is 0. The Balaban J connectivity index is 1.89. The third-order valence-electron chi connectivity index (χ3n) is 5.28. The molecule has 0 atom stereocenters. The fourth-order valence-electron chi connectivity index (χ4n) is 3.78. The van der Waals surface area contributed by atoms with Crippen LogP contribution in [-0.4, -0.2) is 0 Å². The molecule has 1 aliphatic rings. The molecule has 0 N–H and O–H groups in total. The van der Waals surface area contributed by atoms with Crippen molar-refractivity contribution in [3.05, 3.63) is 58.7 Å². The van der Waals surface area contributed by atoms with Gasteiger partial charge >= 0.3 is 0 Å². The summed E-state index contributed by atoms with van der Waals surface area (Å²) in [5.41, 5.74) is 9.66. The number of hydrogen-bond donors (Lipinski definition) is 0. The van der Waals surface area contributed by atoms with E-state index in [4.69, 9.17) is 0 Å². The third kappa shape index (κ3) is 3.58. The maximum atomic E-state index is 2.43. The molecule has 0 bridgehead atoms. The van der Waals surface area contributed by atoms with Crippen LogP contribution in [0.3, 0.4) is 0 Å². The Morgan fingerprint density at radius 1 is 0.875 bits per heavy atom. The molecule has 0 unspecified atom stereocenters. The van der Waals surface area contributed by atoms with E-state index in [1.807, 2.05) is 0 Å². The molecule has 0 saturated heterocycles. The summed E-state index contributed by atoms with van der Waals surface area (Å²) in [6.07, 6.45) is 4.89. The Bertz CT molecular complexity index is 736. The van der Waals surface area contributed by atoms with Gasteiger partial charge in [-0.15, -0.1) is 0 Å². The summed E-state index contributed by atoms with van der Waals surface area (Å²) in [6.45, 7) is 13.9. The van der Waals surface area contributed by atoms with Crippen LogP contribution in [0.5, 0.6) is 0 Å². The zero-order chi connectivity index (χ0) is 17.5. The van der Waals surface area contributed by atoms with Crippen LogP contribution >= 0.6 is 0 Å². The summed E-state index contributed by atoms with van der Waals surface area (Å²) in [6, 6.07) is 14.0. The van der Waals surface area contributed by atoms with Crippen molar-refractivity contribution in [1.29, 1.82) is 0 Å². The first-order valence-corrected chi connectivity index (χ1v) is 9.40. The number of benzene rings is 2. The Labute approximate surface area is 148 Å². The summed E-state index contributed by atoms with van der Waals surface area (Å²) in [7, 11) is 0. The van der Waals surface area contributed by atoms with Crippen molar-refractivity contribution in [3.8, 4) is 11.1 Å². The van der Waals surface area contributed by atoms with E-state index in [0.29, 0.717) is 5.41 Å². The quantitative estimate of drug-likeness (QED) is 0.491. The van der Waals surface area contributed by atoms with E-state index in [-0.39, 0.29) is 5.41 Å². The zero-order valence-electron chi connectivity index (χ0n) is 16.3. The van der Waals surface area contributed by atoms with Gasteiger partial charge in [0.2, 0.25) is 0 Å². The van der Waals surface area contributed by atoms with Crippen molar-refractivity contribution in [2.24, 2.45) is 5.41 Å². The minimum Gasteiger partial charge on any atom is -0.0614 e. The molecule has 0 spiro atoms. The van der Waals surface area contributed by atoms with Crippen LogP contribution in [0.15, 0.2) is 36.4 Å². The van der Waals surface area contributed by atoms with Crippen molar-refractivity contribution in [2.45, 2.75) is 72.6 Å². The van der Waals surface area contributed by atoms with Crippen LogP contribution < -0.4 is 0 Å². The van der Waals surface area contributed by atoms with Gasteiger partial charge in [0.05, 0.1) is 0 Å². The van der Waals surface area contributed by atoms with E-state index in [0.717, 1.165) is 6.42 Å². The number of aryl methyl sites for hydroxylation is 1. The van der Waals surface area contributed by atoms with E-state index < -0.39 is 0 Å². The molecule has 1 aliphatic carbocycles. The Hall–Kier alpha value is -1.56. The van der Waals surface area contributed by atoms with Gasteiger partial charge in [-0.3, -0.25) is 0 Å². The molecule has 0 nitrogen and oxygen atoms in total. The minimum absolute atomic E-state index is 0.210. The van der Waals surface area contributed by atoms with Crippen LogP contribution in [0.4, 0.5) is 0 Å². The van der Waals surface area contributed by atoms with Gasteiger partial charge in [-0.1, -0.05) is 77.9 Å². The number of fused-ring (bicyclic) bond motifs is 3. The lowest BCUT2D eigenvalue weighted by atomic mass is 9.85. The third-order valence-corrected chi connectivity index (χ3v) is 5.28. The van der Waals surface area contributed by atoms with E-state index in [2.05, 4.69) is 77.9 Å². The summed E-state index contributed by atoms with van der Waals surface area (Å²) in [5, 5.41) is 0. The van der Waals surface area contributed by atoms with Crippen LogP contribution in [0, 0.1) is 5.41 Å². The first-order chi connectivity index (χ1) is 11.1. The number of hydrogen-bond acceptors (Lipinski definition) is 0. The maximum Gasteiger partial charge on any atom is -0.00107 e. The molecule has 0 saturated carbocycles. The minimum atomic E-state index is 0.210. The Kier molecular flexibility index (Phi) is 4.36.